The third-order valence-corrected chi connectivity index (χ3v) is 2.26. The molecule has 0 aliphatic heterocycles. The van der Waals surface area contributed by atoms with Crippen LogP contribution in [0.3, 0.4) is 0 Å². The molecule has 1 aromatic rings. The summed E-state index contributed by atoms with van der Waals surface area (Å²) in [4.78, 5) is 15.4. The zero-order valence-corrected chi connectivity index (χ0v) is 8.94. The molecule has 15 heavy (non-hydrogen) atoms. The van der Waals surface area contributed by atoms with Gasteiger partial charge in [-0.15, -0.1) is 0 Å². The van der Waals surface area contributed by atoms with Gasteiger partial charge in [0.1, 0.15) is 0 Å². The van der Waals surface area contributed by atoms with Gasteiger partial charge < -0.3 is 11.1 Å². The number of nitrogens with one attached hydrogen (secondary N) is 1. The quantitative estimate of drug-likeness (QED) is 0.737. The first-order valence-electron chi connectivity index (χ1n) is 5.14. The van der Waals surface area contributed by atoms with Crippen LogP contribution >= 0.6 is 0 Å². The van der Waals surface area contributed by atoms with Crippen LogP contribution in [0.2, 0.25) is 0 Å². The van der Waals surface area contributed by atoms with E-state index < -0.39 is 0 Å². The average molecular weight is 207 g/mol. The summed E-state index contributed by atoms with van der Waals surface area (Å²) in [5, 5.41) is 2.88. The van der Waals surface area contributed by atoms with E-state index in [9.17, 15) is 4.79 Å². The van der Waals surface area contributed by atoms with Crippen LogP contribution in [0.25, 0.3) is 0 Å². The Labute approximate surface area is 89.9 Å². The maximum absolute atomic E-state index is 11.6. The van der Waals surface area contributed by atoms with Crippen LogP contribution in [0.4, 0.5) is 0 Å². The molecule has 1 rings (SSSR count). The highest BCUT2D eigenvalue weighted by molar-refractivity contribution is 5.78. The SMILES string of the molecule is CCC(CN)NC(=O)Cc1ccncc1. The van der Waals surface area contributed by atoms with Crippen LogP contribution in [0.1, 0.15) is 18.9 Å². The van der Waals surface area contributed by atoms with E-state index in [1.165, 1.54) is 0 Å². The summed E-state index contributed by atoms with van der Waals surface area (Å²) in [5.41, 5.74) is 6.47. The number of carbonyl (C=O) groups is 1. The highest BCUT2D eigenvalue weighted by Gasteiger charge is 2.08. The van der Waals surface area contributed by atoms with Crippen molar-refractivity contribution in [2.24, 2.45) is 5.73 Å². The van der Waals surface area contributed by atoms with Gasteiger partial charge in [-0.2, -0.15) is 0 Å². The smallest absolute Gasteiger partial charge is 0.224 e. The van der Waals surface area contributed by atoms with Crippen molar-refractivity contribution in [1.29, 1.82) is 0 Å². The molecule has 1 heterocycles. The fourth-order valence-corrected chi connectivity index (χ4v) is 1.29. The van der Waals surface area contributed by atoms with Crippen LogP contribution < -0.4 is 11.1 Å². The summed E-state index contributed by atoms with van der Waals surface area (Å²) in [6.07, 6.45) is 4.61. The third-order valence-electron chi connectivity index (χ3n) is 2.26. The van der Waals surface area contributed by atoms with Crippen molar-refractivity contribution in [3.8, 4) is 0 Å². The molecular formula is C11H17N3O. The number of carbonyl (C=O) groups excluding carboxylic acids is 1. The average Bonchev–Trinajstić information content (AvgIpc) is 2.27. The largest absolute Gasteiger partial charge is 0.352 e. The van der Waals surface area contributed by atoms with E-state index in [2.05, 4.69) is 10.3 Å². The van der Waals surface area contributed by atoms with Crippen LogP contribution in [-0.2, 0) is 11.2 Å². The first-order valence-corrected chi connectivity index (χ1v) is 5.14. The molecule has 82 valence electrons. The molecule has 1 aromatic heterocycles. The Morgan fingerprint density at radius 3 is 2.73 bits per heavy atom. The first kappa shape index (κ1) is 11.7. The number of aromatic nitrogens is 1. The maximum Gasteiger partial charge on any atom is 0.224 e. The van der Waals surface area contributed by atoms with Crippen LogP contribution in [0, 0.1) is 0 Å². The summed E-state index contributed by atoms with van der Waals surface area (Å²) >= 11 is 0. The minimum Gasteiger partial charge on any atom is -0.352 e. The number of nitrogens with zero attached hydrogens (tertiary/aromatic N) is 1. The molecule has 4 nitrogen and oxygen atoms in total. The fraction of sp³-hybridized carbons (Fsp3) is 0.455. The van der Waals surface area contributed by atoms with Gasteiger partial charge in [-0.25, -0.2) is 0 Å². The lowest BCUT2D eigenvalue weighted by Crippen LogP contribution is -2.40. The molecule has 0 spiro atoms. The Balaban J connectivity index is 2.43. The molecule has 3 N–H and O–H groups in total. The van der Waals surface area contributed by atoms with Crippen molar-refractivity contribution in [2.45, 2.75) is 25.8 Å². The number of rotatable bonds is 5. The molecule has 1 unspecified atom stereocenters. The van der Waals surface area contributed by atoms with E-state index in [-0.39, 0.29) is 11.9 Å². The summed E-state index contributed by atoms with van der Waals surface area (Å²) in [7, 11) is 0. The normalized spacial score (nSPS) is 12.1. The van der Waals surface area contributed by atoms with Crippen molar-refractivity contribution < 1.29 is 4.79 Å². The molecular weight excluding hydrogens is 190 g/mol. The van der Waals surface area contributed by atoms with Gasteiger partial charge in [0.2, 0.25) is 5.91 Å². The Bertz CT molecular complexity index is 296. The number of hydrogen-bond acceptors (Lipinski definition) is 3. The lowest BCUT2D eigenvalue weighted by Gasteiger charge is -2.14. The Hall–Kier alpha value is -1.42. The van der Waals surface area contributed by atoms with Gasteiger partial charge in [0.05, 0.1) is 6.42 Å². The standard InChI is InChI=1S/C11H17N3O/c1-2-10(8-12)14-11(15)7-9-3-5-13-6-4-9/h3-6,10H,2,7-8,12H2,1H3,(H,14,15). The molecule has 0 saturated carbocycles. The molecule has 0 bridgehead atoms. The van der Waals surface area contributed by atoms with Gasteiger partial charge in [0, 0.05) is 25.0 Å². The summed E-state index contributed by atoms with van der Waals surface area (Å²) in [6, 6.07) is 3.76. The van der Waals surface area contributed by atoms with Crippen LogP contribution in [-0.4, -0.2) is 23.5 Å². The molecule has 1 amide bonds. The molecule has 0 aromatic carbocycles. The summed E-state index contributed by atoms with van der Waals surface area (Å²) < 4.78 is 0. The molecule has 4 heteroatoms. The van der Waals surface area contributed by atoms with Crippen molar-refractivity contribution in [2.75, 3.05) is 6.54 Å². The zero-order valence-electron chi connectivity index (χ0n) is 8.94. The van der Waals surface area contributed by atoms with Gasteiger partial charge in [0.15, 0.2) is 0 Å². The lowest BCUT2D eigenvalue weighted by molar-refractivity contribution is -0.121. The summed E-state index contributed by atoms with van der Waals surface area (Å²) in [5.74, 6) is 0.0125. The highest BCUT2D eigenvalue weighted by atomic mass is 16.1. The van der Waals surface area contributed by atoms with E-state index in [0.717, 1.165) is 12.0 Å². The minimum atomic E-state index is 0.0125. The van der Waals surface area contributed by atoms with Gasteiger partial charge in [-0.05, 0) is 24.1 Å². The topological polar surface area (TPSA) is 68.0 Å². The summed E-state index contributed by atoms with van der Waals surface area (Å²) in [6.45, 7) is 2.49. The van der Waals surface area contributed by atoms with Gasteiger partial charge in [-0.3, -0.25) is 9.78 Å². The molecule has 0 fully saturated rings. The van der Waals surface area contributed by atoms with E-state index in [4.69, 9.17) is 5.73 Å². The zero-order chi connectivity index (χ0) is 11.1. The minimum absolute atomic E-state index is 0.0125. The van der Waals surface area contributed by atoms with E-state index in [1.54, 1.807) is 12.4 Å². The van der Waals surface area contributed by atoms with E-state index in [0.29, 0.717) is 13.0 Å². The van der Waals surface area contributed by atoms with Crippen LogP contribution in [0.15, 0.2) is 24.5 Å². The first-order chi connectivity index (χ1) is 7.26. The van der Waals surface area contributed by atoms with E-state index in [1.807, 2.05) is 19.1 Å². The number of hydrogen-bond donors (Lipinski definition) is 2. The monoisotopic (exact) mass is 207 g/mol. The molecule has 0 saturated heterocycles. The third kappa shape index (κ3) is 4.08. The Morgan fingerprint density at radius 1 is 1.53 bits per heavy atom. The van der Waals surface area contributed by atoms with Crippen molar-refractivity contribution in [3.63, 3.8) is 0 Å². The molecule has 0 aliphatic carbocycles. The molecule has 0 aliphatic rings. The Morgan fingerprint density at radius 2 is 2.20 bits per heavy atom. The lowest BCUT2D eigenvalue weighted by atomic mass is 10.1. The van der Waals surface area contributed by atoms with Crippen molar-refractivity contribution >= 4 is 5.91 Å². The second-order valence-corrected chi connectivity index (χ2v) is 3.44. The van der Waals surface area contributed by atoms with E-state index >= 15 is 0 Å². The predicted octanol–water partition coefficient (Wildman–Crippen LogP) is 0.478. The number of pyridine rings is 1. The second kappa shape index (κ2) is 6.14. The van der Waals surface area contributed by atoms with Crippen molar-refractivity contribution in [3.05, 3.63) is 30.1 Å². The van der Waals surface area contributed by atoms with Gasteiger partial charge in [-0.1, -0.05) is 6.92 Å². The van der Waals surface area contributed by atoms with Gasteiger partial charge >= 0.3 is 0 Å². The maximum atomic E-state index is 11.6. The van der Waals surface area contributed by atoms with Crippen LogP contribution in [0.5, 0.6) is 0 Å². The number of amides is 1. The van der Waals surface area contributed by atoms with Gasteiger partial charge in [0.25, 0.3) is 0 Å². The van der Waals surface area contributed by atoms with Crippen molar-refractivity contribution in [1.82, 2.24) is 10.3 Å². The highest BCUT2D eigenvalue weighted by Crippen LogP contribution is 1.98. The Kier molecular flexibility index (Phi) is 4.77. The predicted molar refractivity (Wildman–Crippen MR) is 59.2 cm³/mol. The second-order valence-electron chi connectivity index (χ2n) is 3.44. The molecule has 0 radical (unpaired) electrons. The number of nitrogens with two attached hydrogens (primary N) is 1. The molecule has 1 atom stereocenters. The fourth-order valence-electron chi connectivity index (χ4n) is 1.29.